The number of para-hydroxylation sites is 1. The normalized spacial score (nSPS) is 9.67. The molecule has 0 aliphatic carbocycles. The molecule has 0 fully saturated rings. The maximum Gasteiger partial charge on any atom is 0.256 e. The van der Waals surface area contributed by atoms with Gasteiger partial charge in [0.25, 0.3) is 5.91 Å². The number of hydrogen-bond acceptors (Lipinski definition) is 2. The van der Waals surface area contributed by atoms with Gasteiger partial charge in [-0.05, 0) is 30.3 Å². The summed E-state index contributed by atoms with van der Waals surface area (Å²) in [5, 5.41) is 3.09. The molecule has 106 valence electrons. The Hall–Kier alpha value is -2.35. The third kappa shape index (κ3) is 3.82. The van der Waals surface area contributed by atoms with E-state index in [9.17, 15) is 9.18 Å². The third-order valence-corrected chi connectivity index (χ3v) is 3.00. The van der Waals surface area contributed by atoms with Gasteiger partial charge in [0.2, 0.25) is 0 Å². The van der Waals surface area contributed by atoms with Gasteiger partial charge in [0.05, 0.1) is 22.8 Å². The highest BCUT2D eigenvalue weighted by Gasteiger charge is 2.12. The first-order chi connectivity index (χ1) is 10.1. The molecule has 0 spiro atoms. The fraction of sp³-hybridized carbons (Fsp3) is 0.0625. The molecule has 2 aromatic rings. The number of carbonyl (C=O) groups excluding carboxylic acids is 1. The minimum atomic E-state index is -0.467. The summed E-state index contributed by atoms with van der Waals surface area (Å²) in [6, 6.07) is 10.6. The van der Waals surface area contributed by atoms with Crippen molar-refractivity contribution in [2.45, 2.75) is 0 Å². The van der Waals surface area contributed by atoms with Gasteiger partial charge in [0.1, 0.15) is 5.82 Å². The Morgan fingerprint density at radius 1 is 1.29 bits per heavy atom. The monoisotopic (exact) mass is 302 g/mol. The molecule has 5 heteroatoms. The number of nitrogens with one attached hydrogen (secondary N) is 1. The summed E-state index contributed by atoms with van der Waals surface area (Å²) in [4.78, 5) is 12.3. The highest BCUT2D eigenvalue weighted by Crippen LogP contribution is 2.22. The van der Waals surface area contributed by atoms with Gasteiger partial charge < -0.3 is 11.1 Å². The molecule has 3 N–H and O–H groups in total. The number of halogens is 2. The van der Waals surface area contributed by atoms with Gasteiger partial charge in [-0.25, -0.2) is 4.39 Å². The van der Waals surface area contributed by atoms with Gasteiger partial charge >= 0.3 is 0 Å². The van der Waals surface area contributed by atoms with Crippen molar-refractivity contribution in [2.24, 2.45) is 5.73 Å². The van der Waals surface area contributed by atoms with Crippen LogP contribution in [-0.2, 0) is 0 Å². The Morgan fingerprint density at radius 3 is 2.76 bits per heavy atom. The second-order valence-corrected chi connectivity index (χ2v) is 4.54. The molecule has 0 heterocycles. The molecule has 21 heavy (non-hydrogen) atoms. The molecule has 0 aliphatic heterocycles. The lowest BCUT2D eigenvalue weighted by Crippen LogP contribution is -2.14. The Morgan fingerprint density at radius 2 is 2.05 bits per heavy atom. The van der Waals surface area contributed by atoms with Crippen molar-refractivity contribution in [3.63, 3.8) is 0 Å². The maximum atomic E-state index is 13.3. The molecule has 3 nitrogen and oxygen atoms in total. The Kier molecular flexibility index (Phi) is 4.94. The average molecular weight is 303 g/mol. The molecule has 2 aromatic carbocycles. The predicted octanol–water partition coefficient (Wildman–Crippen LogP) is 3.04. The summed E-state index contributed by atoms with van der Waals surface area (Å²) in [7, 11) is 0. The van der Waals surface area contributed by atoms with E-state index in [4.69, 9.17) is 17.3 Å². The van der Waals surface area contributed by atoms with Crippen LogP contribution in [0.4, 0.5) is 10.1 Å². The number of carbonyl (C=O) groups is 1. The van der Waals surface area contributed by atoms with E-state index >= 15 is 0 Å². The van der Waals surface area contributed by atoms with Crippen LogP contribution in [0.2, 0.25) is 5.02 Å². The summed E-state index contributed by atoms with van der Waals surface area (Å²) in [5.74, 6) is 4.41. The lowest BCUT2D eigenvalue weighted by molar-refractivity contribution is 0.102. The number of nitrogens with two attached hydrogens (primary N) is 1. The van der Waals surface area contributed by atoms with Crippen LogP contribution >= 0.6 is 11.6 Å². The third-order valence-electron chi connectivity index (χ3n) is 2.67. The van der Waals surface area contributed by atoms with Gasteiger partial charge in [-0.15, -0.1) is 0 Å². The van der Waals surface area contributed by atoms with Crippen LogP contribution < -0.4 is 11.1 Å². The van der Waals surface area contributed by atoms with Crippen LogP contribution in [0.5, 0.6) is 0 Å². The van der Waals surface area contributed by atoms with E-state index in [0.717, 1.165) is 0 Å². The molecule has 2 rings (SSSR count). The quantitative estimate of drug-likeness (QED) is 0.838. The highest BCUT2D eigenvalue weighted by atomic mass is 35.5. The summed E-state index contributed by atoms with van der Waals surface area (Å²) in [6.45, 7) is 0.127. The van der Waals surface area contributed by atoms with E-state index in [1.807, 2.05) is 0 Å². The van der Waals surface area contributed by atoms with Crippen LogP contribution in [0.15, 0.2) is 42.5 Å². The average Bonchev–Trinajstić information content (AvgIpc) is 2.47. The first-order valence-corrected chi connectivity index (χ1v) is 6.54. The minimum Gasteiger partial charge on any atom is -0.321 e. The lowest BCUT2D eigenvalue weighted by atomic mass is 10.1. The van der Waals surface area contributed by atoms with Crippen LogP contribution in [0, 0.1) is 17.7 Å². The van der Waals surface area contributed by atoms with Crippen LogP contribution in [-0.4, -0.2) is 12.5 Å². The number of amides is 1. The maximum absolute atomic E-state index is 13.3. The molecular formula is C16H12ClFN2O. The zero-order valence-corrected chi connectivity index (χ0v) is 11.7. The largest absolute Gasteiger partial charge is 0.321 e. The van der Waals surface area contributed by atoms with Crippen LogP contribution in [0.1, 0.15) is 15.9 Å². The van der Waals surface area contributed by atoms with Gasteiger partial charge in [0, 0.05) is 5.56 Å². The van der Waals surface area contributed by atoms with Crippen molar-refractivity contribution in [1.29, 1.82) is 0 Å². The predicted molar refractivity (Wildman–Crippen MR) is 81.7 cm³/mol. The fourth-order valence-corrected chi connectivity index (χ4v) is 1.90. The molecule has 1 amide bonds. The second kappa shape index (κ2) is 6.89. The second-order valence-electron chi connectivity index (χ2n) is 4.13. The molecule has 0 bridgehead atoms. The van der Waals surface area contributed by atoms with Crippen molar-refractivity contribution in [2.75, 3.05) is 11.9 Å². The van der Waals surface area contributed by atoms with Gasteiger partial charge in [0.15, 0.2) is 0 Å². The zero-order chi connectivity index (χ0) is 15.2. The minimum absolute atomic E-state index is 0.127. The molecule has 0 aromatic heterocycles. The molecule has 0 aliphatic rings. The summed E-state index contributed by atoms with van der Waals surface area (Å²) in [6.07, 6.45) is 0. The van der Waals surface area contributed by atoms with Crippen molar-refractivity contribution in [3.8, 4) is 11.8 Å². The van der Waals surface area contributed by atoms with Crippen molar-refractivity contribution in [1.82, 2.24) is 0 Å². The standard InChI is InChI=1S/C16H12ClFN2O/c17-14-5-1-2-6-15(14)20-16(21)13-8-7-12(18)10-11(13)4-3-9-19/h1-2,5-8,10H,9,19H2,(H,20,21). The van der Waals surface area contributed by atoms with E-state index in [1.54, 1.807) is 24.3 Å². The number of benzene rings is 2. The van der Waals surface area contributed by atoms with Gasteiger partial charge in [-0.3, -0.25) is 4.79 Å². The smallest absolute Gasteiger partial charge is 0.256 e. The Labute approximate surface area is 126 Å². The van der Waals surface area contributed by atoms with E-state index < -0.39 is 11.7 Å². The summed E-state index contributed by atoms with van der Waals surface area (Å²) in [5.41, 5.74) is 6.32. The molecular weight excluding hydrogens is 291 g/mol. The number of rotatable bonds is 2. The topological polar surface area (TPSA) is 55.1 Å². The molecule has 0 atom stereocenters. The van der Waals surface area contributed by atoms with E-state index in [1.165, 1.54) is 18.2 Å². The Balaban J connectivity index is 2.33. The van der Waals surface area contributed by atoms with Crippen molar-refractivity contribution in [3.05, 3.63) is 64.4 Å². The van der Waals surface area contributed by atoms with Crippen molar-refractivity contribution < 1.29 is 9.18 Å². The lowest BCUT2D eigenvalue weighted by Gasteiger charge is -2.08. The summed E-state index contributed by atoms with van der Waals surface area (Å²) < 4.78 is 13.3. The summed E-state index contributed by atoms with van der Waals surface area (Å²) >= 11 is 5.99. The molecule has 0 unspecified atom stereocenters. The van der Waals surface area contributed by atoms with Crippen LogP contribution in [0.25, 0.3) is 0 Å². The fourth-order valence-electron chi connectivity index (χ4n) is 1.72. The Bertz CT molecular complexity index is 735. The first kappa shape index (κ1) is 15.0. The number of anilines is 1. The van der Waals surface area contributed by atoms with Crippen LogP contribution in [0.3, 0.4) is 0 Å². The number of hydrogen-bond donors (Lipinski definition) is 2. The van der Waals surface area contributed by atoms with E-state index in [0.29, 0.717) is 10.7 Å². The highest BCUT2D eigenvalue weighted by molar-refractivity contribution is 6.33. The SMILES string of the molecule is NCC#Cc1cc(F)ccc1C(=O)Nc1ccccc1Cl. The molecule has 0 saturated heterocycles. The van der Waals surface area contributed by atoms with Gasteiger partial charge in [-0.2, -0.15) is 0 Å². The van der Waals surface area contributed by atoms with E-state index in [2.05, 4.69) is 17.2 Å². The molecule has 0 radical (unpaired) electrons. The van der Waals surface area contributed by atoms with Crippen molar-refractivity contribution >= 4 is 23.2 Å². The first-order valence-electron chi connectivity index (χ1n) is 6.16. The van der Waals surface area contributed by atoms with Gasteiger partial charge in [-0.1, -0.05) is 35.6 Å². The van der Waals surface area contributed by atoms with E-state index in [-0.39, 0.29) is 17.7 Å². The zero-order valence-electron chi connectivity index (χ0n) is 11.0. The molecule has 0 saturated carbocycles.